The van der Waals surface area contributed by atoms with Crippen LogP contribution in [0.1, 0.15) is 13.8 Å². The molecule has 88 valence electrons. The summed E-state index contributed by atoms with van der Waals surface area (Å²) in [5.74, 6) is 0.734. The molecule has 4 nitrogen and oxygen atoms in total. The first-order valence-electron chi connectivity index (χ1n) is 5.41. The van der Waals surface area contributed by atoms with Gasteiger partial charge in [0, 0.05) is 24.8 Å². The van der Waals surface area contributed by atoms with Gasteiger partial charge in [0.05, 0.1) is 7.11 Å². The van der Waals surface area contributed by atoms with Crippen molar-refractivity contribution in [2.75, 3.05) is 25.5 Å². The van der Waals surface area contributed by atoms with Crippen LogP contribution >= 0.6 is 0 Å². The summed E-state index contributed by atoms with van der Waals surface area (Å²) in [5.41, 5.74) is 0.747. The molecule has 1 N–H and O–H groups in total. The minimum Gasteiger partial charge on any atom is -0.497 e. The van der Waals surface area contributed by atoms with E-state index in [2.05, 4.69) is 5.32 Å². The quantitative estimate of drug-likeness (QED) is 0.850. The van der Waals surface area contributed by atoms with E-state index < -0.39 is 0 Å². The van der Waals surface area contributed by atoms with Crippen LogP contribution in [0.3, 0.4) is 0 Å². The zero-order valence-electron chi connectivity index (χ0n) is 9.99. The van der Waals surface area contributed by atoms with Crippen molar-refractivity contribution in [3.8, 4) is 5.75 Å². The number of urea groups is 1. The normalized spacial score (nSPS) is 9.69. The molecule has 0 spiro atoms. The van der Waals surface area contributed by atoms with Crippen LogP contribution in [-0.4, -0.2) is 31.1 Å². The molecule has 0 unspecified atom stereocenters. The van der Waals surface area contributed by atoms with Crippen LogP contribution < -0.4 is 10.1 Å². The summed E-state index contributed by atoms with van der Waals surface area (Å²) in [4.78, 5) is 13.5. The van der Waals surface area contributed by atoms with E-state index in [4.69, 9.17) is 4.74 Å². The zero-order chi connectivity index (χ0) is 12.0. The molecule has 16 heavy (non-hydrogen) atoms. The Morgan fingerprint density at radius 2 is 2.06 bits per heavy atom. The molecule has 2 amide bonds. The van der Waals surface area contributed by atoms with E-state index in [-0.39, 0.29) is 6.03 Å². The first kappa shape index (κ1) is 12.4. The molecule has 0 heterocycles. The van der Waals surface area contributed by atoms with E-state index in [1.807, 2.05) is 32.0 Å². The van der Waals surface area contributed by atoms with Crippen molar-refractivity contribution >= 4 is 11.7 Å². The summed E-state index contributed by atoms with van der Waals surface area (Å²) in [7, 11) is 1.60. The largest absolute Gasteiger partial charge is 0.497 e. The van der Waals surface area contributed by atoms with E-state index in [0.29, 0.717) is 13.1 Å². The van der Waals surface area contributed by atoms with Crippen molar-refractivity contribution in [1.82, 2.24) is 4.90 Å². The number of ether oxygens (including phenoxy) is 1. The number of hydrogen-bond donors (Lipinski definition) is 1. The van der Waals surface area contributed by atoms with Crippen LogP contribution in [0.25, 0.3) is 0 Å². The fourth-order valence-corrected chi connectivity index (χ4v) is 1.41. The maximum absolute atomic E-state index is 11.7. The number of carbonyl (C=O) groups is 1. The number of amides is 2. The number of nitrogens with one attached hydrogen (secondary N) is 1. The van der Waals surface area contributed by atoms with Crippen LogP contribution in [0, 0.1) is 0 Å². The van der Waals surface area contributed by atoms with Crippen molar-refractivity contribution < 1.29 is 9.53 Å². The highest BCUT2D eigenvalue weighted by atomic mass is 16.5. The van der Waals surface area contributed by atoms with Crippen molar-refractivity contribution in [2.24, 2.45) is 0 Å². The maximum Gasteiger partial charge on any atom is 0.321 e. The molecule has 0 aliphatic heterocycles. The fourth-order valence-electron chi connectivity index (χ4n) is 1.41. The SMILES string of the molecule is CCN(CC)C(=O)Nc1cccc(OC)c1. The topological polar surface area (TPSA) is 41.6 Å². The lowest BCUT2D eigenvalue weighted by Gasteiger charge is -2.19. The Morgan fingerprint density at radius 1 is 1.38 bits per heavy atom. The Bertz CT molecular complexity index is 349. The minimum absolute atomic E-state index is 0.0850. The van der Waals surface area contributed by atoms with Gasteiger partial charge in [-0.25, -0.2) is 4.79 Å². The van der Waals surface area contributed by atoms with Gasteiger partial charge in [-0.05, 0) is 26.0 Å². The third-order valence-electron chi connectivity index (χ3n) is 2.37. The van der Waals surface area contributed by atoms with Crippen LogP contribution in [0.2, 0.25) is 0 Å². The van der Waals surface area contributed by atoms with Gasteiger partial charge in [-0.15, -0.1) is 0 Å². The Hall–Kier alpha value is -1.71. The van der Waals surface area contributed by atoms with Gasteiger partial charge in [-0.2, -0.15) is 0 Å². The number of rotatable bonds is 4. The Balaban J connectivity index is 2.68. The fraction of sp³-hybridized carbons (Fsp3) is 0.417. The van der Waals surface area contributed by atoms with E-state index >= 15 is 0 Å². The molecule has 0 bridgehead atoms. The lowest BCUT2D eigenvalue weighted by molar-refractivity contribution is 0.217. The molecule has 1 rings (SSSR count). The lowest BCUT2D eigenvalue weighted by Crippen LogP contribution is -2.34. The highest BCUT2D eigenvalue weighted by molar-refractivity contribution is 5.89. The van der Waals surface area contributed by atoms with Crippen LogP contribution in [0.5, 0.6) is 5.75 Å². The van der Waals surface area contributed by atoms with Gasteiger partial charge in [0.15, 0.2) is 0 Å². The molecule has 0 radical (unpaired) electrons. The molecular weight excluding hydrogens is 204 g/mol. The van der Waals surface area contributed by atoms with E-state index in [0.717, 1.165) is 11.4 Å². The van der Waals surface area contributed by atoms with Crippen LogP contribution in [0.15, 0.2) is 24.3 Å². The summed E-state index contributed by atoms with van der Waals surface area (Å²) in [6.45, 7) is 5.31. The number of hydrogen-bond acceptors (Lipinski definition) is 2. The third kappa shape index (κ3) is 3.15. The molecule has 0 atom stereocenters. The summed E-state index contributed by atoms with van der Waals surface area (Å²) in [6, 6.07) is 7.23. The van der Waals surface area contributed by atoms with Crippen molar-refractivity contribution in [3.63, 3.8) is 0 Å². The highest BCUT2D eigenvalue weighted by Crippen LogP contribution is 2.16. The summed E-state index contributed by atoms with van der Waals surface area (Å²) in [6.07, 6.45) is 0. The third-order valence-corrected chi connectivity index (χ3v) is 2.37. The monoisotopic (exact) mass is 222 g/mol. The Kier molecular flexibility index (Phi) is 4.64. The number of anilines is 1. The molecule has 0 aliphatic rings. The van der Waals surface area contributed by atoms with E-state index in [1.54, 1.807) is 18.1 Å². The molecule has 0 saturated heterocycles. The van der Waals surface area contributed by atoms with Gasteiger partial charge in [-0.1, -0.05) is 6.07 Å². The predicted octanol–water partition coefficient (Wildman–Crippen LogP) is 2.57. The maximum atomic E-state index is 11.7. The number of carbonyl (C=O) groups excluding carboxylic acids is 1. The number of methoxy groups -OCH3 is 1. The highest BCUT2D eigenvalue weighted by Gasteiger charge is 2.09. The van der Waals surface area contributed by atoms with Crippen molar-refractivity contribution in [2.45, 2.75) is 13.8 Å². The minimum atomic E-state index is -0.0850. The Morgan fingerprint density at radius 3 is 2.62 bits per heavy atom. The first-order valence-corrected chi connectivity index (χ1v) is 5.41. The standard InChI is InChI=1S/C12H18N2O2/c1-4-14(5-2)12(15)13-10-7-6-8-11(9-10)16-3/h6-9H,4-5H2,1-3H3,(H,13,15). The first-order chi connectivity index (χ1) is 7.71. The second-order valence-electron chi connectivity index (χ2n) is 3.33. The zero-order valence-corrected chi connectivity index (χ0v) is 9.99. The Labute approximate surface area is 96.2 Å². The summed E-state index contributed by atoms with van der Waals surface area (Å²) in [5, 5.41) is 2.83. The van der Waals surface area contributed by atoms with Gasteiger partial charge in [0.1, 0.15) is 5.75 Å². The number of nitrogens with zero attached hydrogens (tertiary/aromatic N) is 1. The second kappa shape index (κ2) is 6.00. The van der Waals surface area contributed by atoms with Gasteiger partial charge in [0.2, 0.25) is 0 Å². The molecule has 0 aliphatic carbocycles. The molecule has 0 saturated carbocycles. The molecule has 1 aromatic carbocycles. The average Bonchev–Trinajstić information content (AvgIpc) is 2.31. The van der Waals surface area contributed by atoms with Gasteiger partial charge >= 0.3 is 6.03 Å². The molecule has 0 aromatic heterocycles. The van der Waals surface area contributed by atoms with Crippen molar-refractivity contribution in [1.29, 1.82) is 0 Å². The van der Waals surface area contributed by atoms with Crippen molar-refractivity contribution in [3.05, 3.63) is 24.3 Å². The number of benzene rings is 1. The van der Waals surface area contributed by atoms with E-state index in [1.165, 1.54) is 0 Å². The average molecular weight is 222 g/mol. The van der Waals surface area contributed by atoms with Crippen LogP contribution in [-0.2, 0) is 0 Å². The lowest BCUT2D eigenvalue weighted by atomic mass is 10.3. The molecule has 4 heteroatoms. The van der Waals surface area contributed by atoms with Gasteiger partial charge in [0.25, 0.3) is 0 Å². The summed E-state index contributed by atoms with van der Waals surface area (Å²) < 4.78 is 5.08. The molecule has 1 aromatic rings. The molecule has 0 fully saturated rings. The van der Waals surface area contributed by atoms with Gasteiger partial charge < -0.3 is 15.0 Å². The second-order valence-corrected chi connectivity index (χ2v) is 3.33. The smallest absolute Gasteiger partial charge is 0.321 e. The van der Waals surface area contributed by atoms with Crippen LogP contribution in [0.4, 0.5) is 10.5 Å². The summed E-state index contributed by atoms with van der Waals surface area (Å²) >= 11 is 0. The van der Waals surface area contributed by atoms with Gasteiger partial charge in [-0.3, -0.25) is 0 Å². The molecular formula is C12H18N2O2. The predicted molar refractivity (Wildman–Crippen MR) is 64.9 cm³/mol. The van der Waals surface area contributed by atoms with E-state index in [9.17, 15) is 4.79 Å².